The van der Waals surface area contributed by atoms with E-state index in [-0.39, 0.29) is 5.82 Å². The maximum absolute atomic E-state index is 12.4. The van der Waals surface area contributed by atoms with Gasteiger partial charge >= 0.3 is 6.18 Å². The minimum atomic E-state index is -4.58. The van der Waals surface area contributed by atoms with Crippen molar-refractivity contribution >= 4 is 11.7 Å². The summed E-state index contributed by atoms with van der Waals surface area (Å²) >= 11 is 0. The first-order chi connectivity index (χ1) is 8.88. The lowest BCUT2D eigenvalue weighted by Gasteiger charge is -2.12. The van der Waals surface area contributed by atoms with Crippen LogP contribution in [0.3, 0.4) is 0 Å². The number of aromatic nitrogens is 1. The van der Waals surface area contributed by atoms with Gasteiger partial charge in [0, 0.05) is 6.20 Å². The number of nitrogens with zero attached hydrogens (tertiary/aromatic N) is 1. The van der Waals surface area contributed by atoms with Crippen molar-refractivity contribution in [3.63, 3.8) is 0 Å². The summed E-state index contributed by atoms with van der Waals surface area (Å²) < 4.78 is 37.1. The van der Waals surface area contributed by atoms with Gasteiger partial charge in [0.05, 0.1) is 11.6 Å². The molecule has 1 amide bonds. The number of pyridine rings is 1. The number of carbonyl (C=O) groups excluding carboxylic acids is 1. The molecule has 0 aromatic carbocycles. The number of alkyl halides is 3. The molecule has 19 heavy (non-hydrogen) atoms. The molecule has 1 aromatic rings. The Morgan fingerprint density at radius 1 is 1.53 bits per heavy atom. The molecule has 8 heteroatoms. The molecule has 1 aliphatic heterocycles. The SMILES string of the molecule is O=C(Nc1ncc(C(F)(F)F)cc1O)C1CCCN1. The van der Waals surface area contributed by atoms with Crippen molar-refractivity contribution < 1.29 is 23.1 Å². The maximum Gasteiger partial charge on any atom is 0.418 e. The summed E-state index contributed by atoms with van der Waals surface area (Å²) in [5.74, 6) is -1.40. The molecule has 5 nitrogen and oxygen atoms in total. The Labute approximate surface area is 106 Å². The van der Waals surface area contributed by atoms with Gasteiger partial charge in [-0.05, 0) is 25.5 Å². The van der Waals surface area contributed by atoms with Crippen molar-refractivity contribution in [3.05, 3.63) is 17.8 Å². The first kappa shape index (κ1) is 13.6. The van der Waals surface area contributed by atoms with Crippen LogP contribution in [0.15, 0.2) is 12.3 Å². The molecule has 0 radical (unpaired) electrons. The van der Waals surface area contributed by atoms with Gasteiger partial charge in [-0.1, -0.05) is 0 Å². The Kier molecular flexibility index (Phi) is 3.61. The van der Waals surface area contributed by atoms with E-state index in [0.29, 0.717) is 25.2 Å². The van der Waals surface area contributed by atoms with Gasteiger partial charge in [0.2, 0.25) is 5.91 Å². The highest BCUT2D eigenvalue weighted by atomic mass is 19.4. The smallest absolute Gasteiger partial charge is 0.418 e. The van der Waals surface area contributed by atoms with E-state index in [4.69, 9.17) is 0 Å². The zero-order valence-electron chi connectivity index (χ0n) is 9.79. The summed E-state index contributed by atoms with van der Waals surface area (Å²) in [5, 5.41) is 14.7. The lowest BCUT2D eigenvalue weighted by atomic mass is 10.2. The highest BCUT2D eigenvalue weighted by molar-refractivity contribution is 5.95. The second-order valence-electron chi connectivity index (χ2n) is 4.23. The number of halogens is 3. The number of amides is 1. The van der Waals surface area contributed by atoms with Crippen molar-refractivity contribution in [2.75, 3.05) is 11.9 Å². The van der Waals surface area contributed by atoms with Gasteiger partial charge in [-0.15, -0.1) is 0 Å². The van der Waals surface area contributed by atoms with E-state index < -0.39 is 29.4 Å². The molecule has 1 aromatic heterocycles. The van der Waals surface area contributed by atoms with Gasteiger partial charge < -0.3 is 15.7 Å². The molecular weight excluding hydrogens is 263 g/mol. The summed E-state index contributed by atoms with van der Waals surface area (Å²) in [5.41, 5.74) is -1.07. The monoisotopic (exact) mass is 275 g/mol. The number of hydrogen-bond acceptors (Lipinski definition) is 4. The summed E-state index contributed by atoms with van der Waals surface area (Å²) in [6.45, 7) is 0.713. The maximum atomic E-state index is 12.4. The molecule has 2 rings (SSSR count). The third-order valence-electron chi connectivity index (χ3n) is 2.81. The first-order valence-corrected chi connectivity index (χ1v) is 5.68. The van der Waals surface area contributed by atoms with E-state index in [0.717, 1.165) is 6.42 Å². The van der Waals surface area contributed by atoms with Crippen LogP contribution in [-0.2, 0) is 11.0 Å². The van der Waals surface area contributed by atoms with Gasteiger partial charge in [-0.2, -0.15) is 13.2 Å². The molecule has 0 bridgehead atoms. The fraction of sp³-hybridized carbons (Fsp3) is 0.455. The normalized spacial score (nSPS) is 19.4. The van der Waals surface area contributed by atoms with E-state index in [1.165, 1.54) is 0 Å². The molecule has 1 fully saturated rings. The summed E-state index contributed by atoms with van der Waals surface area (Å²) in [6, 6.07) is 0.133. The van der Waals surface area contributed by atoms with E-state index in [9.17, 15) is 23.1 Å². The van der Waals surface area contributed by atoms with Gasteiger partial charge in [-0.3, -0.25) is 4.79 Å². The molecule has 1 saturated heterocycles. The topological polar surface area (TPSA) is 74.2 Å². The molecule has 1 unspecified atom stereocenters. The van der Waals surface area contributed by atoms with Gasteiger partial charge in [0.1, 0.15) is 0 Å². The average Bonchev–Trinajstić information content (AvgIpc) is 2.84. The van der Waals surface area contributed by atoms with Crippen LogP contribution in [0.4, 0.5) is 19.0 Å². The van der Waals surface area contributed by atoms with Crippen molar-refractivity contribution in [2.45, 2.75) is 25.1 Å². The van der Waals surface area contributed by atoms with Crippen LogP contribution in [-0.4, -0.2) is 28.6 Å². The van der Waals surface area contributed by atoms with Crippen LogP contribution in [0.5, 0.6) is 5.75 Å². The van der Waals surface area contributed by atoms with Crippen molar-refractivity contribution in [1.29, 1.82) is 0 Å². The Morgan fingerprint density at radius 2 is 2.26 bits per heavy atom. The van der Waals surface area contributed by atoms with Gasteiger partial charge in [0.25, 0.3) is 0 Å². The summed E-state index contributed by atoms with van der Waals surface area (Å²) in [7, 11) is 0. The second-order valence-corrected chi connectivity index (χ2v) is 4.23. The standard InChI is InChI=1S/C11H12F3N3O2/c12-11(13,14)6-4-8(18)9(16-5-6)17-10(19)7-2-1-3-15-7/h4-5,7,15,18H,1-3H2,(H,16,17,19). The van der Waals surface area contributed by atoms with Crippen LogP contribution >= 0.6 is 0 Å². The Morgan fingerprint density at radius 3 is 2.79 bits per heavy atom. The highest BCUT2D eigenvalue weighted by Gasteiger charge is 2.32. The number of anilines is 1. The predicted octanol–water partition coefficient (Wildman–Crippen LogP) is 1.50. The quantitative estimate of drug-likeness (QED) is 0.764. The largest absolute Gasteiger partial charge is 0.504 e. The average molecular weight is 275 g/mol. The molecule has 0 spiro atoms. The molecule has 2 heterocycles. The molecule has 1 atom stereocenters. The van der Waals surface area contributed by atoms with Gasteiger partial charge in [0.15, 0.2) is 11.6 Å². The Hall–Kier alpha value is -1.83. The number of aromatic hydroxyl groups is 1. The fourth-order valence-corrected chi connectivity index (χ4v) is 1.82. The zero-order chi connectivity index (χ0) is 14.0. The van der Waals surface area contributed by atoms with Crippen molar-refractivity contribution in [3.8, 4) is 5.75 Å². The highest BCUT2D eigenvalue weighted by Crippen LogP contribution is 2.33. The Bertz CT molecular complexity index is 485. The minimum Gasteiger partial charge on any atom is -0.504 e. The molecule has 0 saturated carbocycles. The third-order valence-corrected chi connectivity index (χ3v) is 2.81. The lowest BCUT2D eigenvalue weighted by molar-refractivity contribution is -0.137. The van der Waals surface area contributed by atoms with Crippen LogP contribution < -0.4 is 10.6 Å². The lowest BCUT2D eigenvalue weighted by Crippen LogP contribution is -2.35. The van der Waals surface area contributed by atoms with E-state index in [1.807, 2.05) is 0 Å². The summed E-state index contributed by atoms with van der Waals surface area (Å²) in [4.78, 5) is 15.1. The molecular formula is C11H12F3N3O2. The molecule has 1 aliphatic rings. The number of nitrogens with one attached hydrogen (secondary N) is 2. The zero-order valence-corrected chi connectivity index (χ0v) is 9.79. The molecule has 3 N–H and O–H groups in total. The number of rotatable bonds is 2. The third kappa shape index (κ3) is 3.14. The van der Waals surface area contributed by atoms with Crippen LogP contribution in [0.1, 0.15) is 18.4 Å². The van der Waals surface area contributed by atoms with Crippen molar-refractivity contribution in [2.24, 2.45) is 0 Å². The second kappa shape index (κ2) is 5.04. The van der Waals surface area contributed by atoms with Crippen LogP contribution in [0.2, 0.25) is 0 Å². The summed E-state index contributed by atoms with van der Waals surface area (Å²) in [6.07, 6.45) is -2.52. The predicted molar refractivity (Wildman–Crippen MR) is 60.6 cm³/mol. The molecule has 104 valence electrons. The fourth-order valence-electron chi connectivity index (χ4n) is 1.82. The van der Waals surface area contributed by atoms with E-state index in [2.05, 4.69) is 15.6 Å². The number of carbonyl (C=O) groups is 1. The Balaban J connectivity index is 2.11. The van der Waals surface area contributed by atoms with Crippen LogP contribution in [0, 0.1) is 0 Å². The number of hydrogen-bond donors (Lipinski definition) is 3. The van der Waals surface area contributed by atoms with Gasteiger partial charge in [-0.25, -0.2) is 4.98 Å². The van der Waals surface area contributed by atoms with Crippen molar-refractivity contribution in [1.82, 2.24) is 10.3 Å². The van der Waals surface area contributed by atoms with E-state index >= 15 is 0 Å². The van der Waals surface area contributed by atoms with E-state index in [1.54, 1.807) is 0 Å². The first-order valence-electron chi connectivity index (χ1n) is 5.68. The molecule has 0 aliphatic carbocycles. The minimum absolute atomic E-state index is 0.272. The van der Waals surface area contributed by atoms with Crippen LogP contribution in [0.25, 0.3) is 0 Å².